The van der Waals surface area contributed by atoms with Crippen molar-refractivity contribution in [2.75, 3.05) is 5.43 Å². The molecule has 0 aliphatic heterocycles. The van der Waals surface area contributed by atoms with Gasteiger partial charge in [0.2, 0.25) is 0 Å². The lowest BCUT2D eigenvalue weighted by molar-refractivity contribution is 1.33. The van der Waals surface area contributed by atoms with Gasteiger partial charge in [-0.15, -0.1) is 0 Å². The highest BCUT2D eigenvalue weighted by Gasteiger charge is 2.18. The minimum absolute atomic E-state index is 0.496. The first-order valence-corrected chi connectivity index (χ1v) is 6.04. The number of nitrogen functional groups attached to an aromatic ring is 1. The Kier molecular flexibility index (Phi) is 4.31. The zero-order valence-electron chi connectivity index (χ0n) is 11.4. The van der Waals surface area contributed by atoms with Gasteiger partial charge in [-0.1, -0.05) is 22.0 Å². The maximum absolute atomic E-state index is 5.67. The molecule has 0 radical (unpaired) electrons. The Balaban J connectivity index is 3.64. The van der Waals surface area contributed by atoms with Crippen molar-refractivity contribution in [2.45, 2.75) is 13.8 Å². The maximum atomic E-state index is 5.67. The van der Waals surface area contributed by atoms with E-state index < -0.39 is 0 Å². The number of hydrazine groups is 1. The molecule has 1 aromatic rings. The summed E-state index contributed by atoms with van der Waals surface area (Å²) in [5.74, 6) is 5.67. The molecule has 0 saturated heterocycles. The van der Waals surface area contributed by atoms with E-state index in [2.05, 4.69) is 50.3 Å². The van der Waals surface area contributed by atoms with Crippen LogP contribution in [0.3, 0.4) is 0 Å². The summed E-state index contributed by atoms with van der Waals surface area (Å²) < 4.78 is 0. The van der Waals surface area contributed by atoms with Crippen LogP contribution >= 0.6 is 0 Å². The summed E-state index contributed by atoms with van der Waals surface area (Å²) in [4.78, 5) is 0. The van der Waals surface area contributed by atoms with Gasteiger partial charge in [-0.25, -0.2) is 0 Å². The van der Waals surface area contributed by atoms with Gasteiger partial charge in [-0.3, -0.25) is 5.84 Å². The van der Waals surface area contributed by atoms with Gasteiger partial charge in [-0.2, -0.15) is 0 Å². The summed E-state index contributed by atoms with van der Waals surface area (Å²) in [6, 6.07) is 0. The molecule has 0 amide bonds. The molecule has 0 heterocycles. The van der Waals surface area contributed by atoms with E-state index in [1.165, 1.54) is 27.5 Å². The molecule has 0 spiro atoms. The van der Waals surface area contributed by atoms with Crippen LogP contribution in [-0.4, -0.2) is 44.7 Å². The van der Waals surface area contributed by atoms with Crippen LogP contribution in [0.5, 0.6) is 0 Å². The molecule has 1 aromatic carbocycles. The van der Waals surface area contributed by atoms with Crippen LogP contribution in [0.25, 0.3) is 0 Å². The third-order valence-electron chi connectivity index (χ3n) is 3.59. The largest absolute Gasteiger partial charge is 0.324 e. The lowest BCUT2D eigenvalue weighted by Crippen LogP contribution is -2.48. The zero-order valence-corrected chi connectivity index (χ0v) is 11.4. The summed E-state index contributed by atoms with van der Waals surface area (Å²) in [5, 5.41) is 0. The van der Waals surface area contributed by atoms with Crippen LogP contribution in [0.1, 0.15) is 11.1 Å². The lowest BCUT2D eigenvalue weighted by Gasteiger charge is -2.23. The molecule has 0 aliphatic carbocycles. The molecule has 3 N–H and O–H groups in total. The number of nitrogens with one attached hydrogen (secondary N) is 1. The fraction of sp³-hybridized carbons (Fsp3) is 0.250. The minimum atomic E-state index is 0.496. The van der Waals surface area contributed by atoms with E-state index in [4.69, 9.17) is 5.84 Å². The van der Waals surface area contributed by atoms with Crippen molar-refractivity contribution in [3.63, 3.8) is 0 Å². The van der Waals surface area contributed by atoms with Crippen LogP contribution in [0.15, 0.2) is 0 Å². The second-order valence-corrected chi connectivity index (χ2v) is 4.79. The van der Waals surface area contributed by atoms with E-state index in [9.17, 15) is 0 Å². The van der Waals surface area contributed by atoms with Gasteiger partial charge in [0.25, 0.3) is 0 Å². The summed E-state index contributed by atoms with van der Waals surface area (Å²) in [7, 11) is 9.93. The topological polar surface area (TPSA) is 38.0 Å². The first-order chi connectivity index (χ1) is 7.45. The Morgan fingerprint density at radius 3 is 2.19 bits per heavy atom. The van der Waals surface area contributed by atoms with Crippen molar-refractivity contribution in [1.82, 2.24) is 0 Å². The van der Waals surface area contributed by atoms with Gasteiger partial charge >= 0.3 is 0 Å². The van der Waals surface area contributed by atoms with Crippen LogP contribution in [0.2, 0.25) is 0 Å². The average Bonchev–Trinajstić information content (AvgIpc) is 2.23. The number of benzene rings is 1. The lowest BCUT2D eigenvalue weighted by atomic mass is 9.16. The normalized spacial score (nSPS) is 9.94. The molecule has 0 bridgehead atoms. The molecule has 0 atom stereocenters. The third kappa shape index (κ3) is 2.08. The van der Waals surface area contributed by atoms with Gasteiger partial charge in [0.1, 0.15) is 21.5 Å². The summed E-state index contributed by atoms with van der Waals surface area (Å²) in [6.45, 7) is 4.85. The molecule has 0 fully saturated rings. The van der Waals surface area contributed by atoms with Crippen molar-refractivity contribution in [2.24, 2.45) is 5.84 Å². The Morgan fingerprint density at radius 2 is 1.81 bits per heavy atom. The first kappa shape index (κ1) is 13.4. The number of nitrogens with two attached hydrogens (primary N) is 1. The molecular formula is C8H18B6N2. The van der Waals surface area contributed by atoms with Gasteiger partial charge in [-0.05, 0) is 19.4 Å². The molecule has 1 rings (SSSR count). The van der Waals surface area contributed by atoms with Crippen LogP contribution in [0.4, 0.5) is 5.69 Å². The number of rotatable bonds is 3. The molecule has 78 valence electrons. The van der Waals surface area contributed by atoms with E-state index in [0.29, 0.717) is 6.49 Å². The zero-order chi connectivity index (χ0) is 12.5. The molecule has 8 heteroatoms. The van der Waals surface area contributed by atoms with E-state index in [1.54, 1.807) is 0 Å². The van der Waals surface area contributed by atoms with Crippen molar-refractivity contribution >= 4 is 66.8 Å². The fourth-order valence-electron chi connectivity index (χ4n) is 2.69. The first-order valence-electron chi connectivity index (χ1n) is 6.04. The molecule has 2 nitrogen and oxygen atoms in total. The van der Waals surface area contributed by atoms with Crippen LogP contribution < -0.4 is 27.7 Å². The van der Waals surface area contributed by atoms with Crippen molar-refractivity contribution < 1.29 is 0 Å². The molecule has 0 unspecified atom stereocenters. The number of hydrogen-bond donors (Lipinski definition) is 2. The van der Waals surface area contributed by atoms with Gasteiger partial charge in [0.15, 0.2) is 0 Å². The van der Waals surface area contributed by atoms with E-state index >= 15 is 0 Å². The van der Waals surface area contributed by atoms with E-state index in [-0.39, 0.29) is 0 Å². The van der Waals surface area contributed by atoms with Gasteiger partial charge < -0.3 is 5.43 Å². The second kappa shape index (κ2) is 5.13. The van der Waals surface area contributed by atoms with Crippen LogP contribution in [-0.2, 0) is 0 Å². The molecule has 0 aromatic heterocycles. The fourth-order valence-corrected chi connectivity index (χ4v) is 2.69. The SMILES string of the molecule is BBc1c(B)c(C)c(NN)c(B(B)B)c1C. The predicted octanol–water partition coefficient (Wildman–Crippen LogP) is -5.58. The summed E-state index contributed by atoms with van der Waals surface area (Å²) in [6.07, 6.45) is 0. The standard InChI is InChI=1S/C8H18B6N2/c1-3-5(9)6(13-10)4(2)7(14(11)12)8(3)16-15/h13,16H,9-12,15H2,1-2H3. The second-order valence-electron chi connectivity index (χ2n) is 4.79. The third-order valence-corrected chi connectivity index (χ3v) is 3.59. The molecule has 0 saturated carbocycles. The Bertz CT molecular complexity index is 406. The van der Waals surface area contributed by atoms with Crippen molar-refractivity contribution in [3.05, 3.63) is 11.1 Å². The molecule has 16 heavy (non-hydrogen) atoms. The highest BCUT2D eigenvalue weighted by molar-refractivity contribution is 7.35. The highest BCUT2D eigenvalue weighted by Crippen LogP contribution is 2.09. The van der Waals surface area contributed by atoms with Crippen molar-refractivity contribution in [3.8, 4) is 0 Å². The predicted molar refractivity (Wildman–Crippen MR) is 89.7 cm³/mol. The summed E-state index contributed by atoms with van der Waals surface area (Å²) in [5.41, 5.74) is 10.9. The smallest absolute Gasteiger partial charge is 0.138 e. The van der Waals surface area contributed by atoms with Gasteiger partial charge in [0.05, 0.1) is 23.2 Å². The monoisotopic (exact) mass is 208 g/mol. The average molecular weight is 207 g/mol. The Hall–Kier alpha value is -0.630. The molecule has 0 aliphatic rings. The van der Waals surface area contributed by atoms with E-state index in [0.717, 1.165) is 12.9 Å². The van der Waals surface area contributed by atoms with Crippen LogP contribution in [0, 0.1) is 13.8 Å². The number of hydrogen-bond acceptors (Lipinski definition) is 2. The minimum Gasteiger partial charge on any atom is -0.324 e. The summed E-state index contributed by atoms with van der Waals surface area (Å²) >= 11 is 0. The highest BCUT2D eigenvalue weighted by atomic mass is 15.2. The van der Waals surface area contributed by atoms with E-state index in [1.807, 2.05) is 0 Å². The van der Waals surface area contributed by atoms with Crippen molar-refractivity contribution in [1.29, 1.82) is 0 Å². The Labute approximate surface area is 103 Å². The quantitative estimate of drug-likeness (QED) is 0.295. The maximum Gasteiger partial charge on any atom is 0.138 e. The number of anilines is 1. The molecular weight excluding hydrogens is 189 g/mol. The van der Waals surface area contributed by atoms with Gasteiger partial charge in [0, 0.05) is 5.69 Å². The Morgan fingerprint density at radius 1 is 1.25 bits per heavy atom.